The zero-order valence-electron chi connectivity index (χ0n) is 14.2. The number of carbonyl (C=O) groups excluding carboxylic acids is 1. The standard InChI is InChI=1S/C19H16N6O2/c26-19(24-15-3-4-16-14(10-15)12-23-25-16)27-18-17(2-1-7-21-18)22-11-13-5-8-20-9-6-13/h1-10,12,22H,11H2,(H,23,25)(H,24,26). The number of aromatic amines is 1. The van der Waals surface area contributed by atoms with Crippen molar-refractivity contribution in [3.05, 3.63) is 72.8 Å². The van der Waals surface area contributed by atoms with Crippen LogP contribution in [0.15, 0.2) is 67.3 Å². The van der Waals surface area contributed by atoms with Crippen LogP contribution >= 0.6 is 0 Å². The van der Waals surface area contributed by atoms with E-state index in [2.05, 4.69) is 30.8 Å². The number of nitrogens with zero attached hydrogens (tertiary/aromatic N) is 3. The van der Waals surface area contributed by atoms with Crippen molar-refractivity contribution in [2.75, 3.05) is 10.6 Å². The molecule has 134 valence electrons. The Morgan fingerprint density at radius 2 is 2.00 bits per heavy atom. The molecule has 4 aromatic rings. The van der Waals surface area contributed by atoms with E-state index in [0.717, 1.165) is 16.5 Å². The van der Waals surface area contributed by atoms with Crippen LogP contribution in [0.25, 0.3) is 10.9 Å². The number of carbonyl (C=O) groups is 1. The number of H-pyrrole nitrogens is 1. The van der Waals surface area contributed by atoms with Gasteiger partial charge in [-0.3, -0.25) is 15.4 Å². The summed E-state index contributed by atoms with van der Waals surface area (Å²) in [6, 6.07) is 12.8. The van der Waals surface area contributed by atoms with Gasteiger partial charge in [0.2, 0.25) is 5.88 Å². The molecule has 0 radical (unpaired) electrons. The van der Waals surface area contributed by atoms with E-state index in [0.29, 0.717) is 17.9 Å². The third-order valence-corrected chi connectivity index (χ3v) is 3.88. The maximum atomic E-state index is 12.2. The fourth-order valence-corrected chi connectivity index (χ4v) is 2.56. The largest absolute Gasteiger partial charge is 0.418 e. The number of anilines is 2. The van der Waals surface area contributed by atoms with Crippen molar-refractivity contribution < 1.29 is 9.53 Å². The third-order valence-electron chi connectivity index (χ3n) is 3.88. The van der Waals surface area contributed by atoms with Gasteiger partial charge < -0.3 is 10.1 Å². The maximum Gasteiger partial charge on any atom is 0.418 e. The van der Waals surface area contributed by atoms with Gasteiger partial charge >= 0.3 is 6.09 Å². The van der Waals surface area contributed by atoms with E-state index in [1.807, 2.05) is 18.2 Å². The second-order valence-corrected chi connectivity index (χ2v) is 5.75. The molecule has 8 nitrogen and oxygen atoms in total. The van der Waals surface area contributed by atoms with E-state index in [-0.39, 0.29) is 5.88 Å². The smallest absolute Gasteiger partial charge is 0.389 e. The van der Waals surface area contributed by atoms with Gasteiger partial charge in [-0.25, -0.2) is 9.78 Å². The zero-order chi connectivity index (χ0) is 18.5. The molecule has 0 aliphatic rings. The lowest BCUT2D eigenvalue weighted by atomic mass is 10.2. The third kappa shape index (κ3) is 4.01. The summed E-state index contributed by atoms with van der Waals surface area (Å²) in [6.45, 7) is 0.559. The molecule has 8 heteroatoms. The number of benzene rings is 1. The van der Waals surface area contributed by atoms with Gasteiger partial charge in [-0.2, -0.15) is 5.10 Å². The number of hydrogen-bond donors (Lipinski definition) is 3. The van der Waals surface area contributed by atoms with E-state index in [9.17, 15) is 4.79 Å². The summed E-state index contributed by atoms with van der Waals surface area (Å²) >= 11 is 0. The second kappa shape index (κ2) is 7.52. The molecule has 1 aromatic carbocycles. The van der Waals surface area contributed by atoms with Crippen molar-refractivity contribution in [1.29, 1.82) is 0 Å². The summed E-state index contributed by atoms with van der Waals surface area (Å²) in [5, 5.41) is 13.6. The SMILES string of the molecule is O=C(Nc1ccc2[nH]ncc2c1)Oc1ncccc1NCc1ccncc1. The predicted molar refractivity (Wildman–Crippen MR) is 102 cm³/mol. The van der Waals surface area contributed by atoms with Crippen molar-refractivity contribution >= 4 is 28.4 Å². The molecule has 0 bridgehead atoms. The fraction of sp³-hybridized carbons (Fsp3) is 0.0526. The number of pyridine rings is 2. The van der Waals surface area contributed by atoms with E-state index in [1.54, 1.807) is 49.1 Å². The highest BCUT2D eigenvalue weighted by Crippen LogP contribution is 2.22. The average molecular weight is 360 g/mol. The van der Waals surface area contributed by atoms with Gasteiger partial charge in [0.1, 0.15) is 0 Å². The van der Waals surface area contributed by atoms with Crippen molar-refractivity contribution in [2.45, 2.75) is 6.54 Å². The van der Waals surface area contributed by atoms with Crippen LogP contribution in [0.3, 0.4) is 0 Å². The minimum absolute atomic E-state index is 0.202. The molecule has 0 atom stereocenters. The second-order valence-electron chi connectivity index (χ2n) is 5.75. The van der Waals surface area contributed by atoms with Gasteiger partial charge in [-0.1, -0.05) is 0 Å². The first-order chi connectivity index (χ1) is 13.3. The Bertz CT molecular complexity index is 1060. The Morgan fingerprint density at radius 3 is 2.89 bits per heavy atom. The number of aromatic nitrogens is 4. The summed E-state index contributed by atoms with van der Waals surface area (Å²) in [5.74, 6) is 0.202. The first-order valence-corrected chi connectivity index (χ1v) is 8.28. The van der Waals surface area contributed by atoms with Gasteiger partial charge in [0, 0.05) is 36.2 Å². The van der Waals surface area contributed by atoms with Crippen LogP contribution in [0.2, 0.25) is 0 Å². The Labute approximate surface area is 154 Å². The Balaban J connectivity index is 1.43. The van der Waals surface area contributed by atoms with Gasteiger partial charge in [0.25, 0.3) is 0 Å². The highest BCUT2D eigenvalue weighted by Gasteiger charge is 2.11. The van der Waals surface area contributed by atoms with Crippen LogP contribution < -0.4 is 15.4 Å². The van der Waals surface area contributed by atoms with Crippen LogP contribution in [0.1, 0.15) is 5.56 Å². The van der Waals surface area contributed by atoms with Gasteiger partial charge in [-0.15, -0.1) is 0 Å². The molecule has 0 saturated carbocycles. The first-order valence-electron chi connectivity index (χ1n) is 8.28. The van der Waals surface area contributed by atoms with Crippen molar-refractivity contribution in [3.63, 3.8) is 0 Å². The number of rotatable bonds is 5. The Kier molecular flexibility index (Phi) is 4.60. The number of nitrogens with one attached hydrogen (secondary N) is 3. The monoisotopic (exact) mass is 360 g/mol. The average Bonchev–Trinajstić information content (AvgIpc) is 3.16. The predicted octanol–water partition coefficient (Wildman–Crippen LogP) is 3.58. The summed E-state index contributed by atoms with van der Waals surface area (Å²) in [5.41, 5.74) is 3.17. The summed E-state index contributed by atoms with van der Waals surface area (Å²) < 4.78 is 5.37. The van der Waals surface area contributed by atoms with Crippen LogP contribution in [0, 0.1) is 0 Å². The number of hydrogen-bond acceptors (Lipinski definition) is 6. The first kappa shape index (κ1) is 16.5. The Hall–Kier alpha value is -3.94. The molecule has 1 amide bonds. The molecule has 3 aromatic heterocycles. The van der Waals surface area contributed by atoms with Crippen LogP contribution in [0.4, 0.5) is 16.2 Å². The molecule has 27 heavy (non-hydrogen) atoms. The summed E-state index contributed by atoms with van der Waals surface area (Å²) in [7, 11) is 0. The number of fused-ring (bicyclic) bond motifs is 1. The van der Waals surface area contributed by atoms with Crippen molar-refractivity contribution in [3.8, 4) is 5.88 Å². The van der Waals surface area contributed by atoms with E-state index in [1.165, 1.54) is 0 Å². The summed E-state index contributed by atoms with van der Waals surface area (Å²) in [6.07, 6.45) is 6.08. The minimum Gasteiger partial charge on any atom is -0.389 e. The normalized spacial score (nSPS) is 10.5. The highest BCUT2D eigenvalue weighted by molar-refractivity contribution is 5.90. The molecule has 0 aliphatic carbocycles. The van der Waals surface area contributed by atoms with Gasteiger partial charge in [0.15, 0.2) is 0 Å². The van der Waals surface area contributed by atoms with Crippen LogP contribution in [0.5, 0.6) is 5.88 Å². The quantitative estimate of drug-likeness (QED) is 0.502. The lowest BCUT2D eigenvalue weighted by molar-refractivity contribution is 0.213. The topological polar surface area (TPSA) is 105 Å². The van der Waals surface area contributed by atoms with Crippen LogP contribution in [-0.2, 0) is 6.54 Å². The zero-order valence-corrected chi connectivity index (χ0v) is 14.2. The molecule has 0 fully saturated rings. The minimum atomic E-state index is -0.622. The molecular formula is C19H16N6O2. The number of amides is 1. The molecule has 3 heterocycles. The molecule has 4 rings (SSSR count). The van der Waals surface area contributed by atoms with Gasteiger partial charge in [0.05, 0.1) is 17.4 Å². The maximum absolute atomic E-state index is 12.2. The molecular weight excluding hydrogens is 344 g/mol. The fourth-order valence-electron chi connectivity index (χ4n) is 2.56. The highest BCUT2D eigenvalue weighted by atomic mass is 16.6. The number of ether oxygens (including phenoxy) is 1. The Morgan fingerprint density at radius 1 is 1.11 bits per heavy atom. The molecule has 3 N–H and O–H groups in total. The lowest BCUT2D eigenvalue weighted by Crippen LogP contribution is -2.18. The van der Waals surface area contributed by atoms with E-state index < -0.39 is 6.09 Å². The van der Waals surface area contributed by atoms with E-state index >= 15 is 0 Å². The van der Waals surface area contributed by atoms with E-state index in [4.69, 9.17) is 4.74 Å². The summed E-state index contributed by atoms with van der Waals surface area (Å²) in [4.78, 5) is 20.4. The van der Waals surface area contributed by atoms with Crippen LogP contribution in [-0.4, -0.2) is 26.3 Å². The lowest BCUT2D eigenvalue weighted by Gasteiger charge is -2.11. The molecule has 0 saturated heterocycles. The van der Waals surface area contributed by atoms with Gasteiger partial charge in [-0.05, 0) is 48.0 Å². The van der Waals surface area contributed by atoms with Crippen molar-refractivity contribution in [1.82, 2.24) is 20.2 Å². The van der Waals surface area contributed by atoms with Crippen molar-refractivity contribution in [2.24, 2.45) is 0 Å². The molecule has 0 aliphatic heterocycles. The molecule has 0 unspecified atom stereocenters. The molecule has 0 spiro atoms.